The molecule has 31 heavy (non-hydrogen) atoms. The molecule has 4 rings (SSSR count). The first-order valence-corrected chi connectivity index (χ1v) is 10.7. The van der Waals surface area contributed by atoms with Gasteiger partial charge in [0.1, 0.15) is 6.61 Å². The minimum atomic E-state index is -0.444. The van der Waals surface area contributed by atoms with Crippen LogP contribution in [0.25, 0.3) is 11.1 Å². The second kappa shape index (κ2) is 10.2. The Morgan fingerprint density at radius 3 is 2.16 bits per heavy atom. The van der Waals surface area contributed by atoms with Gasteiger partial charge in [0.15, 0.2) is 0 Å². The summed E-state index contributed by atoms with van der Waals surface area (Å²) in [5.74, 6) is 0.0451. The van der Waals surface area contributed by atoms with Crippen molar-refractivity contribution in [1.29, 1.82) is 0 Å². The number of rotatable bonds is 9. The Hall–Kier alpha value is -3.15. The Labute approximate surface area is 183 Å². The number of carbonyl (C=O) groups is 1. The molecule has 0 radical (unpaired) electrons. The van der Waals surface area contributed by atoms with Gasteiger partial charge in [0, 0.05) is 25.1 Å². The summed E-state index contributed by atoms with van der Waals surface area (Å²) in [7, 11) is 0. The minimum absolute atomic E-state index is 0.0451. The topological polar surface area (TPSA) is 73.6 Å². The molecule has 3 aromatic rings. The standard InChI is InChI=1S/C26H28N2O3/c27-16-20(14-15-30-17-19-8-2-1-3-9-19)28-26(29)31-18-25-23-12-6-4-10-21(23)22-11-5-7-13-24(22)25/h1-13,20,25H,14-18,27H2,(H,28,29). The molecule has 0 aromatic heterocycles. The number of carbonyl (C=O) groups excluding carboxylic acids is 1. The van der Waals surface area contributed by atoms with E-state index in [4.69, 9.17) is 15.2 Å². The third kappa shape index (κ3) is 5.13. The normalized spacial score (nSPS) is 13.3. The average Bonchev–Trinajstić information content (AvgIpc) is 3.14. The molecular formula is C26H28N2O3. The lowest BCUT2D eigenvalue weighted by Crippen LogP contribution is -2.41. The third-order valence-corrected chi connectivity index (χ3v) is 5.67. The number of hydrogen-bond acceptors (Lipinski definition) is 4. The molecular weight excluding hydrogens is 388 g/mol. The highest BCUT2D eigenvalue weighted by Crippen LogP contribution is 2.44. The SMILES string of the molecule is NCC(CCOCc1ccccc1)NC(=O)OCC1c2ccccc2-c2ccccc21. The van der Waals surface area contributed by atoms with Crippen LogP contribution in [0.15, 0.2) is 78.9 Å². The predicted octanol–water partition coefficient (Wildman–Crippen LogP) is 4.46. The molecule has 3 aromatic carbocycles. The molecule has 5 nitrogen and oxygen atoms in total. The number of nitrogens with one attached hydrogen (secondary N) is 1. The van der Waals surface area contributed by atoms with Gasteiger partial charge in [-0.1, -0.05) is 78.9 Å². The monoisotopic (exact) mass is 416 g/mol. The fraction of sp³-hybridized carbons (Fsp3) is 0.269. The van der Waals surface area contributed by atoms with Gasteiger partial charge in [-0.05, 0) is 34.2 Å². The van der Waals surface area contributed by atoms with Gasteiger partial charge in [-0.2, -0.15) is 0 Å². The van der Waals surface area contributed by atoms with Crippen molar-refractivity contribution in [3.63, 3.8) is 0 Å². The lowest BCUT2D eigenvalue weighted by Gasteiger charge is -2.19. The van der Waals surface area contributed by atoms with Crippen LogP contribution in [-0.4, -0.2) is 31.9 Å². The maximum absolute atomic E-state index is 12.4. The second-order valence-corrected chi connectivity index (χ2v) is 7.73. The summed E-state index contributed by atoms with van der Waals surface area (Å²) in [6.45, 7) is 1.68. The van der Waals surface area contributed by atoms with Crippen LogP contribution in [0.5, 0.6) is 0 Å². The van der Waals surface area contributed by atoms with Gasteiger partial charge in [0.05, 0.1) is 6.61 Å². The van der Waals surface area contributed by atoms with Gasteiger partial charge in [-0.25, -0.2) is 4.79 Å². The maximum Gasteiger partial charge on any atom is 0.407 e. The van der Waals surface area contributed by atoms with Crippen molar-refractivity contribution in [1.82, 2.24) is 5.32 Å². The first-order chi connectivity index (χ1) is 15.3. The molecule has 0 aliphatic heterocycles. The molecule has 1 unspecified atom stereocenters. The number of hydrogen-bond donors (Lipinski definition) is 2. The van der Waals surface area contributed by atoms with E-state index in [9.17, 15) is 4.79 Å². The van der Waals surface area contributed by atoms with Crippen molar-refractivity contribution in [3.05, 3.63) is 95.6 Å². The zero-order valence-electron chi connectivity index (χ0n) is 17.5. The summed E-state index contributed by atoms with van der Waals surface area (Å²) in [5.41, 5.74) is 11.8. The van der Waals surface area contributed by atoms with Gasteiger partial charge in [0.25, 0.3) is 0 Å². The molecule has 1 aliphatic rings. The fourth-order valence-corrected chi connectivity index (χ4v) is 4.05. The molecule has 5 heteroatoms. The molecule has 3 N–H and O–H groups in total. The first kappa shape index (κ1) is 21.1. The van der Waals surface area contributed by atoms with E-state index in [0.717, 1.165) is 5.56 Å². The molecule has 1 amide bonds. The van der Waals surface area contributed by atoms with Gasteiger partial charge >= 0.3 is 6.09 Å². The van der Waals surface area contributed by atoms with Crippen molar-refractivity contribution in [3.8, 4) is 11.1 Å². The van der Waals surface area contributed by atoms with E-state index in [1.165, 1.54) is 22.3 Å². The second-order valence-electron chi connectivity index (χ2n) is 7.73. The lowest BCUT2D eigenvalue weighted by molar-refractivity contribution is 0.107. The molecule has 1 atom stereocenters. The van der Waals surface area contributed by atoms with Gasteiger partial charge in [-0.15, -0.1) is 0 Å². The molecule has 1 aliphatic carbocycles. The fourth-order valence-electron chi connectivity index (χ4n) is 4.05. The van der Waals surface area contributed by atoms with Crippen LogP contribution in [0.1, 0.15) is 29.0 Å². The van der Waals surface area contributed by atoms with Gasteiger partial charge in [-0.3, -0.25) is 0 Å². The predicted molar refractivity (Wildman–Crippen MR) is 122 cm³/mol. The van der Waals surface area contributed by atoms with Crippen LogP contribution in [0.4, 0.5) is 4.79 Å². The van der Waals surface area contributed by atoms with Crippen LogP contribution >= 0.6 is 0 Å². The lowest BCUT2D eigenvalue weighted by atomic mass is 9.98. The Bertz CT molecular complexity index is 961. The number of amides is 1. The number of ether oxygens (including phenoxy) is 2. The van der Waals surface area contributed by atoms with E-state index in [2.05, 4.69) is 29.6 Å². The van der Waals surface area contributed by atoms with E-state index >= 15 is 0 Å². The largest absolute Gasteiger partial charge is 0.449 e. The van der Waals surface area contributed by atoms with Crippen molar-refractivity contribution in [2.45, 2.75) is 25.0 Å². The number of benzene rings is 3. The summed E-state index contributed by atoms with van der Waals surface area (Å²) in [4.78, 5) is 12.4. The molecule has 0 saturated carbocycles. The smallest absolute Gasteiger partial charge is 0.407 e. The van der Waals surface area contributed by atoms with Crippen molar-refractivity contribution in [2.75, 3.05) is 19.8 Å². The summed E-state index contributed by atoms with van der Waals surface area (Å²) in [6.07, 6.45) is 0.188. The third-order valence-electron chi connectivity index (χ3n) is 5.67. The summed E-state index contributed by atoms with van der Waals surface area (Å²) in [5, 5.41) is 2.87. The zero-order chi connectivity index (χ0) is 21.5. The van der Waals surface area contributed by atoms with Gasteiger partial charge < -0.3 is 20.5 Å². The van der Waals surface area contributed by atoms with E-state index in [0.29, 0.717) is 32.8 Å². The van der Waals surface area contributed by atoms with Crippen LogP contribution < -0.4 is 11.1 Å². The summed E-state index contributed by atoms with van der Waals surface area (Å²) < 4.78 is 11.3. The van der Waals surface area contributed by atoms with Crippen molar-refractivity contribution in [2.24, 2.45) is 5.73 Å². The molecule has 0 spiro atoms. The molecule has 0 fully saturated rings. The molecule has 0 bridgehead atoms. The van der Waals surface area contributed by atoms with Crippen LogP contribution in [0.2, 0.25) is 0 Å². The highest BCUT2D eigenvalue weighted by atomic mass is 16.5. The number of fused-ring (bicyclic) bond motifs is 3. The Balaban J connectivity index is 1.26. The quantitative estimate of drug-likeness (QED) is 0.505. The van der Waals surface area contributed by atoms with Gasteiger partial charge in [0.2, 0.25) is 0 Å². The Morgan fingerprint density at radius 1 is 0.903 bits per heavy atom. The maximum atomic E-state index is 12.4. The highest BCUT2D eigenvalue weighted by molar-refractivity contribution is 5.79. The Morgan fingerprint density at radius 2 is 1.52 bits per heavy atom. The van der Waals surface area contributed by atoms with Crippen molar-refractivity contribution < 1.29 is 14.3 Å². The van der Waals surface area contributed by atoms with E-state index in [1.807, 2.05) is 54.6 Å². The summed E-state index contributed by atoms with van der Waals surface area (Å²) >= 11 is 0. The summed E-state index contributed by atoms with van der Waals surface area (Å²) in [6, 6.07) is 26.4. The van der Waals surface area contributed by atoms with E-state index < -0.39 is 6.09 Å². The highest BCUT2D eigenvalue weighted by Gasteiger charge is 2.29. The van der Waals surface area contributed by atoms with E-state index in [-0.39, 0.29) is 12.0 Å². The van der Waals surface area contributed by atoms with Crippen LogP contribution in [0, 0.1) is 0 Å². The average molecular weight is 417 g/mol. The molecule has 0 saturated heterocycles. The molecule has 160 valence electrons. The molecule has 0 heterocycles. The van der Waals surface area contributed by atoms with E-state index in [1.54, 1.807) is 0 Å². The van der Waals surface area contributed by atoms with Crippen LogP contribution in [0.3, 0.4) is 0 Å². The van der Waals surface area contributed by atoms with Crippen molar-refractivity contribution >= 4 is 6.09 Å². The van der Waals surface area contributed by atoms with Crippen LogP contribution in [-0.2, 0) is 16.1 Å². The first-order valence-electron chi connectivity index (χ1n) is 10.7. The zero-order valence-corrected chi connectivity index (χ0v) is 17.5. The number of alkyl carbamates (subject to hydrolysis) is 1. The number of nitrogens with two attached hydrogens (primary N) is 1. The Kier molecular flexibility index (Phi) is 6.97. The minimum Gasteiger partial charge on any atom is -0.449 e.